The van der Waals surface area contributed by atoms with Gasteiger partial charge in [0.05, 0.1) is 29.5 Å². The van der Waals surface area contributed by atoms with E-state index in [0.29, 0.717) is 34.4 Å². The maximum Gasteiger partial charge on any atom is 0.416 e. The van der Waals surface area contributed by atoms with E-state index < -0.39 is 17.6 Å². The number of hydrogen-bond donors (Lipinski definition) is 0. The Morgan fingerprint density at radius 2 is 1.71 bits per heavy atom. The predicted octanol–water partition coefficient (Wildman–Crippen LogP) is 5.24. The van der Waals surface area contributed by atoms with E-state index in [2.05, 4.69) is 15.1 Å². The van der Waals surface area contributed by atoms with Crippen molar-refractivity contribution in [3.05, 3.63) is 70.4 Å². The fourth-order valence-electron chi connectivity index (χ4n) is 4.31. The molecule has 5 rings (SSSR count). The first-order chi connectivity index (χ1) is 16.0. The molecule has 1 aliphatic heterocycles. The highest BCUT2D eigenvalue weighted by atomic mass is 19.4. The fourth-order valence-corrected chi connectivity index (χ4v) is 4.31. The first-order valence-electron chi connectivity index (χ1n) is 10.5. The summed E-state index contributed by atoms with van der Waals surface area (Å²) in [7, 11) is 0. The second-order valence-corrected chi connectivity index (χ2v) is 8.40. The van der Waals surface area contributed by atoms with E-state index in [0.717, 1.165) is 17.7 Å². The van der Waals surface area contributed by atoms with Crippen LogP contribution >= 0.6 is 0 Å². The van der Waals surface area contributed by atoms with Crippen molar-refractivity contribution in [3.8, 4) is 11.4 Å². The smallest absolute Gasteiger partial charge is 0.302 e. The van der Waals surface area contributed by atoms with Gasteiger partial charge in [0.1, 0.15) is 11.5 Å². The minimum Gasteiger partial charge on any atom is -0.302 e. The van der Waals surface area contributed by atoms with E-state index in [-0.39, 0.29) is 29.3 Å². The van der Waals surface area contributed by atoms with Gasteiger partial charge in [-0.1, -0.05) is 0 Å². The van der Waals surface area contributed by atoms with Gasteiger partial charge in [-0.2, -0.15) is 18.3 Å². The predicted molar refractivity (Wildman–Crippen MR) is 118 cm³/mol. The number of aromatic nitrogens is 4. The van der Waals surface area contributed by atoms with Crippen molar-refractivity contribution in [1.82, 2.24) is 19.7 Å². The zero-order chi connectivity index (χ0) is 24.4. The summed E-state index contributed by atoms with van der Waals surface area (Å²) in [6, 6.07) is 4.86. The molecule has 0 radical (unpaired) electrons. The van der Waals surface area contributed by atoms with Crippen molar-refractivity contribution in [2.75, 3.05) is 11.4 Å². The molecule has 10 heteroatoms. The molecule has 0 bridgehead atoms. The average Bonchev–Trinajstić information content (AvgIpc) is 3.16. The van der Waals surface area contributed by atoms with Crippen LogP contribution in [0.25, 0.3) is 22.3 Å². The van der Waals surface area contributed by atoms with Crippen molar-refractivity contribution in [2.24, 2.45) is 0 Å². The van der Waals surface area contributed by atoms with Crippen LogP contribution in [0.3, 0.4) is 0 Å². The molecule has 34 heavy (non-hydrogen) atoms. The lowest BCUT2D eigenvalue weighted by molar-refractivity contribution is -0.137. The second kappa shape index (κ2) is 7.61. The number of amides is 1. The van der Waals surface area contributed by atoms with E-state index in [4.69, 9.17) is 0 Å². The molecular weight excluding hydrogens is 450 g/mol. The molecular formula is C24H19F4N5O. The fraction of sp³-hybridized carbons (Fsp3) is 0.250. The van der Waals surface area contributed by atoms with Gasteiger partial charge in [-0.05, 0) is 56.2 Å². The lowest BCUT2D eigenvalue weighted by Gasteiger charge is -2.29. The van der Waals surface area contributed by atoms with Crippen LogP contribution in [0.5, 0.6) is 0 Å². The van der Waals surface area contributed by atoms with Crippen LogP contribution in [0.15, 0.2) is 36.7 Å². The second-order valence-electron chi connectivity index (χ2n) is 8.40. The van der Waals surface area contributed by atoms with Crippen molar-refractivity contribution >= 4 is 22.5 Å². The van der Waals surface area contributed by atoms with E-state index in [1.54, 1.807) is 37.7 Å². The van der Waals surface area contributed by atoms with Gasteiger partial charge in [0, 0.05) is 29.3 Å². The van der Waals surface area contributed by atoms with Crippen LogP contribution in [0.4, 0.5) is 23.2 Å². The molecule has 0 fully saturated rings. The van der Waals surface area contributed by atoms with Gasteiger partial charge >= 0.3 is 6.18 Å². The maximum atomic E-state index is 15.3. The molecule has 1 aliphatic rings. The van der Waals surface area contributed by atoms with Gasteiger partial charge in [0.25, 0.3) is 5.91 Å². The van der Waals surface area contributed by atoms with Gasteiger partial charge in [0.15, 0.2) is 5.82 Å². The van der Waals surface area contributed by atoms with Gasteiger partial charge in [-0.25, -0.2) is 14.4 Å². The summed E-state index contributed by atoms with van der Waals surface area (Å²) in [5.74, 6) is -0.755. The van der Waals surface area contributed by atoms with Gasteiger partial charge in [-0.3, -0.25) is 9.48 Å². The van der Waals surface area contributed by atoms with Crippen molar-refractivity contribution < 1.29 is 22.4 Å². The molecule has 0 N–H and O–H groups in total. The number of fused-ring (bicyclic) bond motifs is 2. The summed E-state index contributed by atoms with van der Waals surface area (Å²) in [6.07, 6.45) is -1.56. The minimum absolute atomic E-state index is 0.143. The Bertz CT molecular complexity index is 1470. The molecule has 0 atom stereocenters. The Kier molecular flexibility index (Phi) is 4.92. The van der Waals surface area contributed by atoms with Crippen LogP contribution in [-0.4, -0.2) is 32.2 Å². The van der Waals surface area contributed by atoms with Crippen LogP contribution in [0, 0.1) is 26.6 Å². The molecule has 174 valence electrons. The van der Waals surface area contributed by atoms with E-state index >= 15 is 4.39 Å². The highest BCUT2D eigenvalue weighted by molar-refractivity contribution is 6.06. The highest BCUT2D eigenvalue weighted by Crippen LogP contribution is 2.35. The van der Waals surface area contributed by atoms with Crippen LogP contribution in [0.1, 0.15) is 32.7 Å². The Morgan fingerprint density at radius 1 is 0.941 bits per heavy atom. The molecule has 0 aliphatic carbocycles. The van der Waals surface area contributed by atoms with Gasteiger partial charge in [0.2, 0.25) is 0 Å². The Morgan fingerprint density at radius 3 is 2.44 bits per heavy atom. The normalized spacial score (nSPS) is 14.1. The molecule has 6 nitrogen and oxygen atoms in total. The van der Waals surface area contributed by atoms with E-state index in [1.165, 1.54) is 17.2 Å². The lowest BCUT2D eigenvalue weighted by Crippen LogP contribution is -2.41. The summed E-state index contributed by atoms with van der Waals surface area (Å²) in [5, 5.41) is 4.42. The molecule has 2 aromatic carbocycles. The minimum atomic E-state index is -4.48. The van der Waals surface area contributed by atoms with Crippen LogP contribution in [-0.2, 0) is 12.7 Å². The number of carbonyl (C=O) groups excluding carboxylic acids is 1. The number of aryl methyl sites for hydroxylation is 3. The molecule has 2 aromatic heterocycles. The molecule has 1 amide bonds. The molecule has 0 spiro atoms. The Hall–Kier alpha value is -3.82. The molecule has 0 saturated carbocycles. The number of carbonyl (C=O) groups is 1. The third-order valence-corrected chi connectivity index (χ3v) is 6.03. The number of nitrogens with zero attached hydrogens (tertiary/aromatic N) is 5. The lowest BCUT2D eigenvalue weighted by atomic mass is 10.0. The zero-order valence-electron chi connectivity index (χ0n) is 18.5. The van der Waals surface area contributed by atoms with Gasteiger partial charge in [-0.15, -0.1) is 0 Å². The molecule has 0 saturated heterocycles. The van der Waals surface area contributed by atoms with Crippen LogP contribution < -0.4 is 4.90 Å². The average molecular weight is 469 g/mol. The summed E-state index contributed by atoms with van der Waals surface area (Å²) >= 11 is 0. The maximum absolute atomic E-state index is 15.3. The summed E-state index contributed by atoms with van der Waals surface area (Å²) in [4.78, 5) is 23.0. The zero-order valence-corrected chi connectivity index (χ0v) is 18.5. The Labute approximate surface area is 191 Å². The summed E-state index contributed by atoms with van der Waals surface area (Å²) in [6.45, 7) is 5.79. The summed E-state index contributed by atoms with van der Waals surface area (Å²) < 4.78 is 56.3. The number of alkyl halides is 3. The number of halogens is 4. The topological polar surface area (TPSA) is 63.9 Å². The standard InChI is InChI=1S/C24H19F4N5O/c1-12-7-19(32-4-5-33-21(23(32)34)14(3)10-30-33)18(25)9-17(12)22-29-11-15-8-16(24(26,27)28)6-13(2)20(15)31-22/h6-11H,4-5H2,1-3H3. The van der Waals surface area contributed by atoms with Crippen molar-refractivity contribution in [2.45, 2.75) is 33.5 Å². The third-order valence-electron chi connectivity index (χ3n) is 6.03. The van der Waals surface area contributed by atoms with Crippen molar-refractivity contribution in [1.29, 1.82) is 0 Å². The first kappa shape index (κ1) is 22.0. The SMILES string of the molecule is Cc1cc(N2CCn3ncc(C)c3C2=O)c(F)cc1-c1ncc2cc(C(F)(F)F)cc(C)c2n1. The number of rotatable bonds is 2. The molecule has 4 aromatic rings. The number of benzene rings is 2. The third kappa shape index (κ3) is 3.49. The molecule has 3 heterocycles. The first-order valence-corrected chi connectivity index (χ1v) is 10.5. The van der Waals surface area contributed by atoms with E-state index in [1.807, 2.05) is 0 Å². The number of hydrogen-bond acceptors (Lipinski definition) is 4. The molecule has 0 unspecified atom stereocenters. The quantitative estimate of drug-likeness (QED) is 0.377. The highest BCUT2D eigenvalue weighted by Gasteiger charge is 2.32. The monoisotopic (exact) mass is 469 g/mol. The van der Waals surface area contributed by atoms with Crippen LogP contribution in [0.2, 0.25) is 0 Å². The van der Waals surface area contributed by atoms with Gasteiger partial charge < -0.3 is 4.90 Å². The van der Waals surface area contributed by atoms with Crippen molar-refractivity contribution in [3.63, 3.8) is 0 Å². The van der Waals surface area contributed by atoms with E-state index in [9.17, 15) is 18.0 Å². The Balaban J connectivity index is 1.55. The largest absolute Gasteiger partial charge is 0.416 e. The summed E-state index contributed by atoms with van der Waals surface area (Å²) in [5.41, 5.74) is 2.24. The number of anilines is 1.